The van der Waals surface area contributed by atoms with Gasteiger partial charge in [-0.15, -0.1) is 0 Å². The third-order valence-electron chi connectivity index (χ3n) is 10.2. The second-order valence-corrected chi connectivity index (χ2v) is 12.6. The molecule has 8 atom stereocenters. The predicted octanol–water partition coefficient (Wildman–Crippen LogP) is 2.50. The minimum absolute atomic E-state index is 0.0641. The first-order chi connectivity index (χ1) is 18.1. The summed E-state index contributed by atoms with van der Waals surface area (Å²) in [5.41, 5.74) is -5.09. The summed E-state index contributed by atoms with van der Waals surface area (Å²) in [6.07, 6.45) is 3.23. The van der Waals surface area contributed by atoms with Crippen LogP contribution in [0.25, 0.3) is 0 Å². The van der Waals surface area contributed by atoms with E-state index in [0.29, 0.717) is 24.8 Å². The number of alkyl halides is 1. The van der Waals surface area contributed by atoms with Gasteiger partial charge in [0, 0.05) is 30.2 Å². The molecule has 0 spiro atoms. The molecule has 4 fully saturated rings. The number of hydrogen-bond donors (Lipinski definition) is 2. The van der Waals surface area contributed by atoms with Crippen molar-refractivity contribution in [2.75, 3.05) is 13.7 Å². The van der Waals surface area contributed by atoms with Crippen LogP contribution in [0.4, 0.5) is 4.39 Å². The molecule has 1 amide bonds. The Kier molecular flexibility index (Phi) is 6.52. The molecule has 1 aliphatic heterocycles. The zero-order valence-electron chi connectivity index (χ0n) is 23.2. The molecular weight excluding hydrogens is 509 g/mol. The molecule has 10 heteroatoms. The Morgan fingerprint density at radius 2 is 1.90 bits per heavy atom. The number of carbonyl (C=O) groups is 4. The van der Waals surface area contributed by atoms with Crippen LogP contribution < -0.4 is 5.32 Å². The topological polar surface area (TPSA) is 128 Å². The molecule has 2 N–H and O–H groups in total. The average Bonchev–Trinajstić information content (AvgIpc) is 3.28. The molecule has 1 heterocycles. The van der Waals surface area contributed by atoms with E-state index in [1.807, 2.05) is 6.92 Å². The lowest BCUT2D eigenvalue weighted by Gasteiger charge is -2.62. The SMILES string of the molecule is CNC(=O)CCC(=O)OCC(=O)[C@@]12OC(C)(C)O[C@@H]1C[C@H]1[C@@H]3CCC4=CC(=O)C=C[C@]4(C)[C@@]3(F)[C@@H](O)C[C@@]12C. The van der Waals surface area contributed by atoms with Gasteiger partial charge in [0.25, 0.3) is 0 Å². The number of ketones is 2. The quantitative estimate of drug-likeness (QED) is 0.486. The number of fused-ring (bicyclic) bond motifs is 7. The summed E-state index contributed by atoms with van der Waals surface area (Å²) in [6, 6.07) is 0. The number of aliphatic hydroxyl groups is 1. The number of Topliss-reactive ketones (excluding diaryl/α,β-unsaturated/α-hetero) is 1. The molecule has 0 aromatic carbocycles. The molecule has 0 unspecified atom stereocenters. The molecule has 3 saturated carbocycles. The molecule has 5 rings (SSSR count). The second-order valence-electron chi connectivity index (χ2n) is 12.6. The van der Waals surface area contributed by atoms with Gasteiger partial charge in [0.05, 0.1) is 18.6 Å². The zero-order chi connectivity index (χ0) is 28.6. The van der Waals surface area contributed by atoms with Crippen LogP contribution in [0.1, 0.15) is 66.2 Å². The highest BCUT2D eigenvalue weighted by molar-refractivity contribution is 6.01. The lowest BCUT2D eigenvalue weighted by atomic mass is 9.44. The van der Waals surface area contributed by atoms with Gasteiger partial charge in [0.15, 0.2) is 29.4 Å². The Bertz CT molecular complexity index is 1180. The molecule has 5 aliphatic rings. The highest BCUT2D eigenvalue weighted by Crippen LogP contribution is 2.72. The molecule has 9 nitrogen and oxygen atoms in total. The monoisotopic (exact) mass is 547 g/mol. The van der Waals surface area contributed by atoms with Crippen molar-refractivity contribution in [3.8, 4) is 0 Å². The van der Waals surface area contributed by atoms with Gasteiger partial charge in [-0.25, -0.2) is 4.39 Å². The highest BCUT2D eigenvalue weighted by Gasteiger charge is 2.80. The van der Waals surface area contributed by atoms with E-state index in [1.165, 1.54) is 19.2 Å². The van der Waals surface area contributed by atoms with Gasteiger partial charge >= 0.3 is 5.97 Å². The Morgan fingerprint density at radius 1 is 1.18 bits per heavy atom. The Morgan fingerprint density at radius 3 is 2.59 bits per heavy atom. The Hall–Kier alpha value is -2.43. The van der Waals surface area contributed by atoms with Crippen LogP contribution in [-0.2, 0) is 33.4 Å². The smallest absolute Gasteiger partial charge is 0.306 e. The minimum atomic E-state index is -2.05. The normalized spacial score (nSPS) is 43.5. The molecule has 0 radical (unpaired) electrons. The molecule has 4 aliphatic carbocycles. The van der Waals surface area contributed by atoms with Crippen LogP contribution in [0.3, 0.4) is 0 Å². The lowest BCUT2D eigenvalue weighted by molar-refractivity contribution is -0.246. The van der Waals surface area contributed by atoms with E-state index in [1.54, 1.807) is 26.8 Å². The fourth-order valence-electron chi connectivity index (χ4n) is 8.47. The summed E-state index contributed by atoms with van der Waals surface area (Å²) >= 11 is 0. The average molecular weight is 548 g/mol. The largest absolute Gasteiger partial charge is 0.458 e. The maximum absolute atomic E-state index is 17.4. The molecule has 0 aromatic rings. The van der Waals surface area contributed by atoms with E-state index in [-0.39, 0.29) is 36.9 Å². The number of amides is 1. The van der Waals surface area contributed by atoms with Crippen LogP contribution in [0.15, 0.2) is 23.8 Å². The van der Waals surface area contributed by atoms with E-state index >= 15 is 4.39 Å². The van der Waals surface area contributed by atoms with Crippen molar-refractivity contribution in [1.82, 2.24) is 5.32 Å². The van der Waals surface area contributed by atoms with Crippen molar-refractivity contribution in [1.29, 1.82) is 0 Å². The first-order valence-corrected chi connectivity index (χ1v) is 13.7. The number of esters is 1. The molecular formula is C29H38FNO8. The molecule has 214 valence electrons. The van der Waals surface area contributed by atoms with E-state index in [9.17, 15) is 24.3 Å². The van der Waals surface area contributed by atoms with E-state index in [4.69, 9.17) is 14.2 Å². The van der Waals surface area contributed by atoms with Gasteiger partial charge < -0.3 is 24.6 Å². The number of ether oxygens (including phenoxy) is 3. The fraction of sp³-hybridized carbons (Fsp3) is 0.724. The van der Waals surface area contributed by atoms with Crippen LogP contribution in [0, 0.1) is 22.7 Å². The number of halogens is 1. The zero-order valence-corrected chi connectivity index (χ0v) is 23.2. The number of carbonyl (C=O) groups excluding carboxylic acids is 4. The maximum Gasteiger partial charge on any atom is 0.306 e. The standard InChI is InChI=1S/C29H38FNO8/c1-25(2)38-22-13-19-18-7-6-16-12-17(32)10-11-26(16,3)28(18,30)20(33)14-27(19,4)29(22,39-25)21(34)15-37-24(36)9-8-23(35)31-5/h10-12,18-20,22,33H,6-9,13-15H2,1-5H3,(H,31,35)/t18-,19-,20-,22+,26-,27-,28-,29+/m0/s1. The van der Waals surface area contributed by atoms with Crippen molar-refractivity contribution >= 4 is 23.4 Å². The van der Waals surface area contributed by atoms with E-state index < -0.39 is 64.4 Å². The Labute approximate surface area is 227 Å². The number of nitrogens with one attached hydrogen (secondary N) is 1. The van der Waals surface area contributed by atoms with Gasteiger partial charge in [-0.3, -0.25) is 19.2 Å². The first-order valence-electron chi connectivity index (χ1n) is 13.7. The van der Waals surface area contributed by atoms with E-state index in [2.05, 4.69) is 5.32 Å². The van der Waals surface area contributed by atoms with Crippen LogP contribution >= 0.6 is 0 Å². The summed E-state index contributed by atoms with van der Waals surface area (Å²) < 4.78 is 35.4. The van der Waals surface area contributed by atoms with Crippen molar-refractivity contribution in [3.63, 3.8) is 0 Å². The third kappa shape index (κ3) is 3.81. The first kappa shape index (κ1) is 28.1. The fourth-order valence-corrected chi connectivity index (χ4v) is 8.47. The number of aliphatic hydroxyl groups excluding tert-OH is 1. The lowest BCUT2D eigenvalue weighted by Crippen LogP contribution is -2.70. The van der Waals surface area contributed by atoms with Crippen molar-refractivity contribution in [3.05, 3.63) is 23.8 Å². The minimum Gasteiger partial charge on any atom is -0.458 e. The van der Waals surface area contributed by atoms with Crippen molar-refractivity contribution < 1.29 is 42.9 Å². The summed E-state index contributed by atoms with van der Waals surface area (Å²) in [5.74, 6) is -3.80. The molecule has 1 saturated heterocycles. The predicted molar refractivity (Wildman–Crippen MR) is 136 cm³/mol. The van der Waals surface area contributed by atoms with Gasteiger partial charge in [0.2, 0.25) is 11.7 Å². The number of rotatable bonds is 6. The number of hydrogen-bond acceptors (Lipinski definition) is 8. The van der Waals surface area contributed by atoms with Crippen LogP contribution in [0.5, 0.6) is 0 Å². The van der Waals surface area contributed by atoms with Crippen molar-refractivity contribution in [2.24, 2.45) is 22.7 Å². The summed E-state index contributed by atoms with van der Waals surface area (Å²) in [4.78, 5) is 49.8. The maximum atomic E-state index is 17.4. The van der Waals surface area contributed by atoms with Gasteiger partial charge in [-0.05, 0) is 64.5 Å². The highest BCUT2D eigenvalue weighted by atomic mass is 19.1. The molecule has 0 bridgehead atoms. The van der Waals surface area contributed by atoms with Gasteiger partial charge in [0.1, 0.15) is 0 Å². The van der Waals surface area contributed by atoms with Crippen LogP contribution in [-0.4, -0.2) is 71.5 Å². The molecule has 39 heavy (non-hydrogen) atoms. The summed E-state index contributed by atoms with van der Waals surface area (Å²) in [7, 11) is 1.46. The Balaban J connectivity index is 1.47. The van der Waals surface area contributed by atoms with Crippen LogP contribution in [0.2, 0.25) is 0 Å². The van der Waals surface area contributed by atoms with Crippen molar-refractivity contribution in [2.45, 2.75) is 95.5 Å². The summed E-state index contributed by atoms with van der Waals surface area (Å²) in [5, 5.41) is 14.0. The summed E-state index contributed by atoms with van der Waals surface area (Å²) in [6.45, 7) is 6.42. The second kappa shape index (κ2) is 9.04. The molecule has 0 aromatic heterocycles. The van der Waals surface area contributed by atoms with E-state index in [0.717, 1.165) is 0 Å². The third-order valence-corrected chi connectivity index (χ3v) is 10.2. The van der Waals surface area contributed by atoms with Gasteiger partial charge in [-0.2, -0.15) is 0 Å². The van der Waals surface area contributed by atoms with Gasteiger partial charge in [-0.1, -0.05) is 18.6 Å². The number of allylic oxidation sites excluding steroid dienone is 4.